The lowest BCUT2D eigenvalue weighted by Crippen LogP contribution is -2.54. The quantitative estimate of drug-likeness (QED) is 0.136. The smallest absolute Gasteiger partial charge is 0.408 e. The van der Waals surface area contributed by atoms with Crippen LogP contribution in [0.3, 0.4) is 0 Å². The first-order valence-electron chi connectivity index (χ1n) is 14.4. The van der Waals surface area contributed by atoms with E-state index in [1.54, 1.807) is 27.7 Å². The Hall–Kier alpha value is -2.75. The summed E-state index contributed by atoms with van der Waals surface area (Å²) in [5.74, 6) is -1.23. The molecule has 0 fully saturated rings. The van der Waals surface area contributed by atoms with Crippen LogP contribution in [0.1, 0.15) is 97.2 Å². The van der Waals surface area contributed by atoms with Crippen molar-refractivity contribution in [3.05, 3.63) is 35.4 Å². The maximum absolute atomic E-state index is 14.0. The third-order valence-electron chi connectivity index (χ3n) is 6.15. The van der Waals surface area contributed by atoms with Crippen molar-refractivity contribution < 1.29 is 28.7 Å². The van der Waals surface area contributed by atoms with Crippen LogP contribution < -0.4 is 10.6 Å². The lowest BCUT2D eigenvalue weighted by molar-refractivity contribution is -0.144. The molecule has 0 heterocycles. The number of carbonyl (C=O) groups excluding carboxylic acids is 4. The van der Waals surface area contributed by atoms with Gasteiger partial charge < -0.3 is 25.0 Å². The summed E-state index contributed by atoms with van der Waals surface area (Å²) in [6.07, 6.45) is 4.90. The first kappa shape index (κ1) is 35.3. The van der Waals surface area contributed by atoms with Gasteiger partial charge in [0.15, 0.2) is 0 Å². The highest BCUT2D eigenvalue weighted by Crippen LogP contribution is 2.25. The highest BCUT2D eigenvalue weighted by Gasteiger charge is 2.35. The van der Waals surface area contributed by atoms with Crippen molar-refractivity contribution in [2.24, 2.45) is 0 Å². The van der Waals surface area contributed by atoms with Crippen LogP contribution in [0.2, 0.25) is 0 Å². The molecule has 2 atom stereocenters. The third kappa shape index (κ3) is 13.1. The molecular weight excluding hydrogens is 530 g/mol. The van der Waals surface area contributed by atoms with Crippen LogP contribution in [0.25, 0.3) is 0 Å². The summed E-state index contributed by atoms with van der Waals surface area (Å²) < 4.78 is 10.3. The zero-order chi connectivity index (χ0) is 30.1. The van der Waals surface area contributed by atoms with Gasteiger partial charge in [-0.25, -0.2) is 4.79 Å². The Morgan fingerprint density at radius 1 is 0.975 bits per heavy atom. The molecule has 0 radical (unpaired) electrons. The second-order valence-electron chi connectivity index (χ2n) is 10.7. The first-order valence-corrected chi connectivity index (χ1v) is 15.0. The van der Waals surface area contributed by atoms with Gasteiger partial charge in [0.1, 0.15) is 17.7 Å². The summed E-state index contributed by atoms with van der Waals surface area (Å²) in [5, 5.41) is 5.44. The Morgan fingerprint density at radius 2 is 1.62 bits per heavy atom. The highest BCUT2D eigenvalue weighted by atomic mass is 32.1. The number of amides is 3. The molecule has 10 heteroatoms. The number of hydrogen-bond acceptors (Lipinski definition) is 7. The summed E-state index contributed by atoms with van der Waals surface area (Å²) in [4.78, 5) is 53.5. The minimum atomic E-state index is -1.00. The van der Waals surface area contributed by atoms with Crippen molar-refractivity contribution in [1.29, 1.82) is 0 Å². The molecule has 0 aliphatic carbocycles. The Labute approximate surface area is 245 Å². The second-order valence-corrected chi connectivity index (χ2v) is 11.0. The number of alkyl carbamates (subject to hydrolysis) is 1. The maximum Gasteiger partial charge on any atom is 0.408 e. The van der Waals surface area contributed by atoms with E-state index in [4.69, 9.17) is 9.47 Å². The number of aryl methyl sites for hydroxylation is 1. The minimum Gasteiger partial charge on any atom is -0.466 e. The van der Waals surface area contributed by atoms with Gasteiger partial charge in [-0.3, -0.25) is 14.4 Å². The van der Waals surface area contributed by atoms with Crippen LogP contribution in [0, 0.1) is 0 Å². The third-order valence-corrected chi connectivity index (χ3v) is 6.52. The van der Waals surface area contributed by atoms with Gasteiger partial charge in [0.25, 0.3) is 0 Å². The van der Waals surface area contributed by atoms with Crippen molar-refractivity contribution in [3.8, 4) is 0 Å². The van der Waals surface area contributed by atoms with E-state index in [-0.39, 0.29) is 25.3 Å². The average Bonchev–Trinajstić information content (AvgIpc) is 2.90. The molecule has 9 nitrogen and oxygen atoms in total. The molecule has 0 bridgehead atoms. The fraction of sp³-hybridized carbons (Fsp3) is 0.667. The van der Waals surface area contributed by atoms with Gasteiger partial charge >= 0.3 is 12.1 Å². The van der Waals surface area contributed by atoms with Gasteiger partial charge in [-0.15, -0.1) is 0 Å². The summed E-state index contributed by atoms with van der Waals surface area (Å²) in [6, 6.07) is 5.61. The zero-order valence-corrected chi connectivity index (χ0v) is 26.0. The van der Waals surface area contributed by atoms with E-state index in [0.29, 0.717) is 18.5 Å². The number of nitrogens with one attached hydrogen (secondary N) is 2. The number of ether oxygens (including phenoxy) is 2. The van der Waals surface area contributed by atoms with Crippen LogP contribution in [-0.4, -0.2) is 65.9 Å². The number of carbonyl (C=O) groups is 4. The Morgan fingerprint density at radius 3 is 2.17 bits per heavy atom. The fourth-order valence-electron chi connectivity index (χ4n) is 4.11. The SMILES string of the molecule is CCCCCCCN(C(=O)C(CS)NC(=O)OC(C)(C)C)C(C(=O)NCCC(=O)OCC)c1ccc(CC)cc1. The van der Waals surface area contributed by atoms with Gasteiger partial charge in [-0.2, -0.15) is 12.6 Å². The van der Waals surface area contributed by atoms with E-state index >= 15 is 0 Å². The number of rotatable bonds is 17. The lowest BCUT2D eigenvalue weighted by Gasteiger charge is -2.34. The van der Waals surface area contributed by atoms with Gasteiger partial charge in [0.05, 0.1) is 13.0 Å². The normalized spacial score (nSPS) is 12.7. The number of benzene rings is 1. The molecular formula is C30H49N3O6S. The van der Waals surface area contributed by atoms with E-state index < -0.39 is 41.6 Å². The molecule has 0 saturated carbocycles. The van der Waals surface area contributed by atoms with Crippen LogP contribution in [0.15, 0.2) is 24.3 Å². The summed E-state index contributed by atoms with van der Waals surface area (Å²) in [7, 11) is 0. The van der Waals surface area contributed by atoms with Gasteiger partial charge in [-0.05, 0) is 51.7 Å². The van der Waals surface area contributed by atoms with E-state index in [2.05, 4.69) is 30.2 Å². The largest absolute Gasteiger partial charge is 0.466 e. The van der Waals surface area contributed by atoms with E-state index in [1.807, 2.05) is 31.2 Å². The molecule has 1 rings (SSSR count). The van der Waals surface area contributed by atoms with Crippen molar-refractivity contribution in [3.63, 3.8) is 0 Å². The van der Waals surface area contributed by atoms with Crippen molar-refractivity contribution >= 4 is 36.5 Å². The molecule has 2 N–H and O–H groups in total. The molecule has 3 amide bonds. The van der Waals surface area contributed by atoms with Crippen LogP contribution in [0.5, 0.6) is 0 Å². The first-order chi connectivity index (χ1) is 19.0. The van der Waals surface area contributed by atoms with Crippen molar-refractivity contribution in [2.45, 2.75) is 104 Å². The number of esters is 1. The monoisotopic (exact) mass is 579 g/mol. The molecule has 2 unspecified atom stereocenters. The predicted molar refractivity (Wildman–Crippen MR) is 160 cm³/mol. The van der Waals surface area contributed by atoms with Gasteiger partial charge in [-0.1, -0.05) is 63.8 Å². The van der Waals surface area contributed by atoms with Crippen LogP contribution in [0.4, 0.5) is 4.79 Å². The van der Waals surface area contributed by atoms with Crippen molar-refractivity contribution in [2.75, 3.05) is 25.4 Å². The Balaban J connectivity index is 3.34. The molecule has 226 valence electrons. The zero-order valence-electron chi connectivity index (χ0n) is 25.1. The summed E-state index contributed by atoms with van der Waals surface area (Å²) in [6.45, 7) is 11.8. The number of thiol groups is 1. The standard InChI is InChI=1S/C30H49N3O6S/c1-7-10-11-12-13-20-33(28(36)24(21-40)32-29(37)39-30(4,5)6)26(23-16-14-22(8-2)15-17-23)27(35)31-19-18-25(34)38-9-3/h14-17,24,26,40H,7-13,18-21H2,1-6H3,(H,31,35)(H,32,37). The lowest BCUT2D eigenvalue weighted by atomic mass is 10.00. The number of unbranched alkanes of at least 4 members (excludes halogenated alkanes) is 4. The second kappa shape index (κ2) is 18.6. The van der Waals surface area contributed by atoms with Crippen LogP contribution >= 0.6 is 12.6 Å². The molecule has 40 heavy (non-hydrogen) atoms. The minimum absolute atomic E-state index is 0.0193. The Kier molecular flexibility index (Phi) is 16.4. The van der Waals surface area contributed by atoms with E-state index in [0.717, 1.165) is 37.7 Å². The van der Waals surface area contributed by atoms with Crippen molar-refractivity contribution in [1.82, 2.24) is 15.5 Å². The van der Waals surface area contributed by atoms with E-state index in [1.165, 1.54) is 4.90 Å². The number of hydrogen-bond donors (Lipinski definition) is 3. The molecule has 0 aliphatic heterocycles. The topological polar surface area (TPSA) is 114 Å². The molecule has 0 aliphatic rings. The summed E-state index contributed by atoms with van der Waals surface area (Å²) >= 11 is 4.34. The Bertz CT molecular complexity index is 932. The molecule has 0 aromatic heterocycles. The maximum atomic E-state index is 14.0. The number of nitrogens with zero attached hydrogens (tertiary/aromatic N) is 1. The molecule has 0 spiro atoms. The van der Waals surface area contributed by atoms with E-state index in [9.17, 15) is 19.2 Å². The molecule has 1 aromatic rings. The molecule has 0 saturated heterocycles. The van der Waals surface area contributed by atoms with Crippen LogP contribution in [-0.2, 0) is 30.3 Å². The fourth-order valence-corrected chi connectivity index (χ4v) is 4.36. The average molecular weight is 580 g/mol. The van der Waals surface area contributed by atoms with Gasteiger partial charge in [0.2, 0.25) is 11.8 Å². The highest BCUT2D eigenvalue weighted by molar-refractivity contribution is 7.80. The summed E-state index contributed by atoms with van der Waals surface area (Å²) in [5.41, 5.74) is 1.00. The van der Waals surface area contributed by atoms with Gasteiger partial charge in [0, 0.05) is 18.8 Å². The molecule has 1 aromatic carbocycles. The predicted octanol–water partition coefficient (Wildman–Crippen LogP) is 4.98.